The summed E-state index contributed by atoms with van der Waals surface area (Å²) >= 11 is 0. The number of piperidine rings is 1. The molecule has 4 nitrogen and oxygen atoms in total. The first kappa shape index (κ1) is 14.7. The van der Waals surface area contributed by atoms with E-state index in [0.717, 1.165) is 44.5 Å². The molecule has 0 radical (unpaired) electrons. The number of hydrogen-bond acceptors (Lipinski definition) is 3. The van der Waals surface area contributed by atoms with Gasteiger partial charge in [-0.05, 0) is 32.4 Å². The van der Waals surface area contributed by atoms with Crippen LogP contribution in [0.15, 0.2) is 30.3 Å². The van der Waals surface area contributed by atoms with E-state index >= 15 is 0 Å². The Hall–Kier alpha value is -1.68. The molecule has 0 aromatic heterocycles. The van der Waals surface area contributed by atoms with Crippen LogP contribution in [-0.4, -0.2) is 36.2 Å². The van der Waals surface area contributed by atoms with Crippen LogP contribution in [0.3, 0.4) is 0 Å². The first-order valence-electron chi connectivity index (χ1n) is 7.27. The van der Waals surface area contributed by atoms with Gasteiger partial charge in [0.05, 0.1) is 5.92 Å². The number of likely N-dealkylation sites (tertiary alicyclic amines) is 1. The van der Waals surface area contributed by atoms with Gasteiger partial charge in [0.1, 0.15) is 0 Å². The molecule has 1 aromatic rings. The zero-order valence-electron chi connectivity index (χ0n) is 11.8. The summed E-state index contributed by atoms with van der Waals surface area (Å²) in [5.41, 5.74) is 6.14. The van der Waals surface area contributed by atoms with Gasteiger partial charge in [-0.25, -0.2) is 0 Å². The Labute approximate surface area is 119 Å². The molecule has 2 N–H and O–H groups in total. The molecule has 108 valence electrons. The van der Waals surface area contributed by atoms with E-state index in [9.17, 15) is 9.59 Å². The second kappa shape index (κ2) is 7.20. The van der Waals surface area contributed by atoms with Crippen molar-refractivity contribution in [3.63, 3.8) is 0 Å². The zero-order valence-corrected chi connectivity index (χ0v) is 11.8. The average Bonchev–Trinajstić information content (AvgIpc) is 2.48. The number of hydrogen-bond donors (Lipinski definition) is 1. The molecule has 0 saturated carbocycles. The first-order chi connectivity index (χ1) is 9.66. The molecule has 1 unspecified atom stereocenters. The van der Waals surface area contributed by atoms with Crippen LogP contribution in [0.2, 0.25) is 0 Å². The van der Waals surface area contributed by atoms with Gasteiger partial charge < -0.3 is 10.6 Å². The number of ketones is 1. The van der Waals surface area contributed by atoms with Gasteiger partial charge >= 0.3 is 0 Å². The molecule has 20 heavy (non-hydrogen) atoms. The van der Waals surface area contributed by atoms with E-state index in [0.29, 0.717) is 6.42 Å². The number of carbonyl (C=O) groups is 2. The minimum Gasteiger partial charge on any atom is -0.369 e. The van der Waals surface area contributed by atoms with Gasteiger partial charge in [-0.15, -0.1) is 0 Å². The number of rotatable bonds is 6. The molecule has 1 heterocycles. The highest BCUT2D eigenvalue weighted by atomic mass is 16.1. The van der Waals surface area contributed by atoms with Crippen molar-refractivity contribution in [3.8, 4) is 0 Å². The Morgan fingerprint density at radius 3 is 2.70 bits per heavy atom. The molecule has 0 bridgehead atoms. The van der Waals surface area contributed by atoms with Crippen molar-refractivity contribution in [2.45, 2.75) is 25.7 Å². The SMILES string of the molecule is NC(=O)C1CCCN(CCCC(=O)c2ccccc2)C1. The Morgan fingerprint density at radius 1 is 1.25 bits per heavy atom. The van der Waals surface area contributed by atoms with Gasteiger partial charge in [0, 0.05) is 18.5 Å². The molecule has 0 aliphatic carbocycles. The molecule has 1 aromatic carbocycles. The fourth-order valence-electron chi connectivity index (χ4n) is 2.72. The molecule has 1 saturated heterocycles. The molecule has 1 amide bonds. The topological polar surface area (TPSA) is 63.4 Å². The number of amides is 1. The maximum Gasteiger partial charge on any atom is 0.221 e. The number of nitrogens with zero attached hydrogens (tertiary/aromatic N) is 1. The zero-order chi connectivity index (χ0) is 14.4. The number of benzene rings is 1. The summed E-state index contributed by atoms with van der Waals surface area (Å²) in [6.07, 6.45) is 3.30. The van der Waals surface area contributed by atoms with E-state index < -0.39 is 0 Å². The quantitative estimate of drug-likeness (QED) is 0.805. The van der Waals surface area contributed by atoms with Crippen molar-refractivity contribution in [3.05, 3.63) is 35.9 Å². The van der Waals surface area contributed by atoms with Crippen molar-refractivity contribution in [2.75, 3.05) is 19.6 Å². The van der Waals surface area contributed by atoms with Crippen LogP contribution in [-0.2, 0) is 4.79 Å². The van der Waals surface area contributed by atoms with Crippen molar-refractivity contribution in [1.29, 1.82) is 0 Å². The lowest BCUT2D eigenvalue weighted by molar-refractivity contribution is -0.123. The van der Waals surface area contributed by atoms with Crippen LogP contribution in [0.5, 0.6) is 0 Å². The van der Waals surface area contributed by atoms with Crippen molar-refractivity contribution in [1.82, 2.24) is 4.90 Å². The van der Waals surface area contributed by atoms with E-state index in [1.165, 1.54) is 0 Å². The number of nitrogens with two attached hydrogens (primary N) is 1. The fraction of sp³-hybridized carbons (Fsp3) is 0.500. The molecule has 1 atom stereocenters. The number of primary amides is 1. The molecule has 1 aliphatic rings. The van der Waals surface area contributed by atoms with Crippen LogP contribution < -0.4 is 5.73 Å². The van der Waals surface area contributed by atoms with Crippen molar-refractivity contribution >= 4 is 11.7 Å². The molecule has 2 rings (SSSR count). The third-order valence-electron chi connectivity index (χ3n) is 3.88. The van der Waals surface area contributed by atoms with Crippen molar-refractivity contribution < 1.29 is 9.59 Å². The smallest absolute Gasteiger partial charge is 0.221 e. The molecular formula is C16H22N2O2. The predicted octanol–water partition coefficient (Wildman–Crippen LogP) is 1.85. The molecule has 0 spiro atoms. The summed E-state index contributed by atoms with van der Waals surface area (Å²) in [6, 6.07) is 9.39. The fourth-order valence-corrected chi connectivity index (χ4v) is 2.72. The molecular weight excluding hydrogens is 252 g/mol. The highest BCUT2D eigenvalue weighted by Gasteiger charge is 2.23. The van der Waals surface area contributed by atoms with Gasteiger partial charge in [0.15, 0.2) is 5.78 Å². The van der Waals surface area contributed by atoms with Crippen LogP contribution in [0.4, 0.5) is 0 Å². The third kappa shape index (κ3) is 4.17. The van der Waals surface area contributed by atoms with E-state index in [1.54, 1.807) is 0 Å². The van der Waals surface area contributed by atoms with E-state index in [4.69, 9.17) is 5.73 Å². The van der Waals surface area contributed by atoms with Gasteiger partial charge in [0.2, 0.25) is 5.91 Å². The second-order valence-electron chi connectivity index (χ2n) is 5.43. The predicted molar refractivity (Wildman–Crippen MR) is 78.4 cm³/mol. The van der Waals surface area contributed by atoms with Crippen LogP contribution >= 0.6 is 0 Å². The lowest BCUT2D eigenvalue weighted by atomic mass is 9.97. The lowest BCUT2D eigenvalue weighted by Crippen LogP contribution is -2.41. The summed E-state index contributed by atoms with van der Waals surface area (Å²) in [5.74, 6) is -0.0299. The van der Waals surface area contributed by atoms with Gasteiger partial charge in [-0.2, -0.15) is 0 Å². The first-order valence-corrected chi connectivity index (χ1v) is 7.27. The molecule has 4 heteroatoms. The van der Waals surface area contributed by atoms with Crippen LogP contribution in [0, 0.1) is 5.92 Å². The highest BCUT2D eigenvalue weighted by molar-refractivity contribution is 5.95. The van der Waals surface area contributed by atoms with Crippen LogP contribution in [0.1, 0.15) is 36.0 Å². The monoisotopic (exact) mass is 274 g/mol. The lowest BCUT2D eigenvalue weighted by Gasteiger charge is -2.30. The van der Waals surface area contributed by atoms with Gasteiger partial charge in [-0.3, -0.25) is 9.59 Å². The maximum absolute atomic E-state index is 12.0. The van der Waals surface area contributed by atoms with Gasteiger partial charge in [-0.1, -0.05) is 30.3 Å². The van der Waals surface area contributed by atoms with Gasteiger partial charge in [0.25, 0.3) is 0 Å². The summed E-state index contributed by atoms with van der Waals surface area (Å²) in [7, 11) is 0. The van der Waals surface area contributed by atoms with Crippen molar-refractivity contribution in [2.24, 2.45) is 11.7 Å². The standard InChI is InChI=1S/C16H22N2O2/c17-16(20)14-8-4-10-18(12-14)11-5-9-15(19)13-6-2-1-3-7-13/h1-3,6-7,14H,4-5,8-12H2,(H2,17,20). The minimum absolute atomic E-state index is 0.0198. The number of carbonyl (C=O) groups excluding carboxylic acids is 2. The Balaban J connectivity index is 1.73. The Kier molecular flexibility index (Phi) is 5.30. The third-order valence-corrected chi connectivity index (χ3v) is 3.88. The molecule has 1 aliphatic heterocycles. The molecule has 1 fully saturated rings. The average molecular weight is 274 g/mol. The number of Topliss-reactive ketones (excluding diaryl/α,β-unsaturated/α-hetero) is 1. The maximum atomic E-state index is 12.0. The second-order valence-corrected chi connectivity index (χ2v) is 5.43. The van der Waals surface area contributed by atoms with Crippen LogP contribution in [0.25, 0.3) is 0 Å². The van der Waals surface area contributed by atoms with E-state index in [2.05, 4.69) is 4.90 Å². The summed E-state index contributed by atoms with van der Waals surface area (Å²) in [4.78, 5) is 25.4. The Bertz CT molecular complexity index is 459. The summed E-state index contributed by atoms with van der Waals surface area (Å²) in [5, 5.41) is 0. The van der Waals surface area contributed by atoms with E-state index in [1.807, 2.05) is 30.3 Å². The Morgan fingerprint density at radius 2 is 2.00 bits per heavy atom. The van der Waals surface area contributed by atoms with E-state index in [-0.39, 0.29) is 17.6 Å². The summed E-state index contributed by atoms with van der Waals surface area (Å²) < 4.78 is 0. The highest BCUT2D eigenvalue weighted by Crippen LogP contribution is 2.16. The largest absolute Gasteiger partial charge is 0.369 e. The normalized spacial score (nSPS) is 19.7. The minimum atomic E-state index is -0.199. The summed E-state index contributed by atoms with van der Waals surface area (Å²) in [6.45, 7) is 2.61.